The van der Waals surface area contributed by atoms with Gasteiger partial charge in [-0.1, -0.05) is 0 Å². The first kappa shape index (κ1) is 26.6. The zero-order valence-corrected chi connectivity index (χ0v) is 21.2. The number of rotatable bonds is 5. The van der Waals surface area contributed by atoms with Crippen molar-refractivity contribution in [2.45, 2.75) is 89.3 Å². The van der Waals surface area contributed by atoms with Gasteiger partial charge in [0.2, 0.25) is 5.91 Å². The molecule has 2 aromatic rings. The summed E-state index contributed by atoms with van der Waals surface area (Å²) in [5.41, 5.74) is -0.444. The van der Waals surface area contributed by atoms with Gasteiger partial charge in [-0.15, -0.1) is 0 Å². The van der Waals surface area contributed by atoms with Crippen LogP contribution < -0.4 is 16.0 Å². The van der Waals surface area contributed by atoms with Gasteiger partial charge in [0, 0.05) is 36.7 Å². The number of alkyl halides is 3. The highest BCUT2D eigenvalue weighted by Gasteiger charge is 2.45. The second-order valence-electron chi connectivity index (χ2n) is 11.2. The zero-order chi connectivity index (χ0) is 26.3. The molecule has 5 atom stereocenters. The number of aromatic nitrogens is 2. The number of nitrogens with zero attached hydrogens (tertiary/aromatic N) is 3. The molecule has 1 amide bonds. The molecule has 2 aliphatic rings. The summed E-state index contributed by atoms with van der Waals surface area (Å²) in [6.45, 7) is 8.38. The second kappa shape index (κ2) is 9.75. The van der Waals surface area contributed by atoms with E-state index in [-0.39, 0.29) is 47.5 Å². The number of carbonyl (C=O) groups excluding carboxylic acids is 1. The molecule has 0 bridgehead atoms. The highest BCUT2D eigenvalue weighted by atomic mass is 19.4. The van der Waals surface area contributed by atoms with Gasteiger partial charge < -0.3 is 25.8 Å². The van der Waals surface area contributed by atoms with Crippen LogP contribution in [-0.4, -0.2) is 63.3 Å². The van der Waals surface area contributed by atoms with Crippen LogP contribution in [0.5, 0.6) is 0 Å². The van der Waals surface area contributed by atoms with E-state index in [0.717, 1.165) is 18.6 Å². The predicted molar refractivity (Wildman–Crippen MR) is 132 cm³/mol. The van der Waals surface area contributed by atoms with Crippen molar-refractivity contribution in [1.29, 1.82) is 0 Å². The van der Waals surface area contributed by atoms with E-state index in [0.29, 0.717) is 37.1 Å². The molecule has 2 fully saturated rings. The Labute approximate surface area is 209 Å². The molecule has 1 aromatic carbocycles. The first-order valence-electron chi connectivity index (χ1n) is 12.4. The number of fused-ring (bicyclic) bond motifs is 1. The van der Waals surface area contributed by atoms with Gasteiger partial charge in [0.25, 0.3) is 0 Å². The maximum absolute atomic E-state index is 14.0. The van der Waals surface area contributed by atoms with Gasteiger partial charge in [0.05, 0.1) is 36.3 Å². The third kappa shape index (κ3) is 6.07. The van der Waals surface area contributed by atoms with Crippen LogP contribution in [-0.2, 0) is 11.0 Å². The molecule has 8 nitrogen and oxygen atoms in total. The maximum atomic E-state index is 14.0. The fourth-order valence-electron chi connectivity index (χ4n) is 5.77. The molecule has 11 heteroatoms. The smallest absolute Gasteiger partial charge is 0.416 e. The lowest BCUT2D eigenvalue weighted by atomic mass is 9.84. The summed E-state index contributed by atoms with van der Waals surface area (Å²) in [7, 11) is 0. The van der Waals surface area contributed by atoms with Crippen LogP contribution in [0.25, 0.3) is 10.9 Å². The normalized spacial score (nSPS) is 29.3. The van der Waals surface area contributed by atoms with E-state index in [1.54, 1.807) is 0 Å². The summed E-state index contributed by atoms with van der Waals surface area (Å²) >= 11 is 0. The Hall–Kier alpha value is -2.50. The van der Waals surface area contributed by atoms with Crippen molar-refractivity contribution < 1.29 is 22.6 Å². The number of halogens is 3. The lowest BCUT2D eigenvalue weighted by Crippen LogP contribution is -2.63. The lowest BCUT2D eigenvalue weighted by Gasteiger charge is -2.52. The minimum absolute atomic E-state index is 0.0725. The number of nitrogens with one attached hydrogen (secondary N) is 3. The van der Waals surface area contributed by atoms with Crippen LogP contribution in [0.15, 0.2) is 24.5 Å². The van der Waals surface area contributed by atoms with Crippen molar-refractivity contribution in [3.63, 3.8) is 0 Å². The number of hydroxylamine groups is 3. The van der Waals surface area contributed by atoms with Gasteiger partial charge in [0.15, 0.2) is 0 Å². The number of carbonyl (C=O) groups is 1. The molecule has 1 aliphatic heterocycles. The van der Waals surface area contributed by atoms with Gasteiger partial charge in [-0.05, 0) is 51.8 Å². The molecular weight excluding hydrogens is 473 g/mol. The van der Waals surface area contributed by atoms with E-state index in [4.69, 9.17) is 0 Å². The van der Waals surface area contributed by atoms with Crippen LogP contribution in [0.4, 0.5) is 19.0 Å². The average molecular weight is 509 g/mol. The Morgan fingerprint density at radius 2 is 1.86 bits per heavy atom. The number of hydrogen-bond donors (Lipinski definition) is 3. The first-order valence-corrected chi connectivity index (χ1v) is 12.4. The number of quaternary nitrogens is 1. The highest BCUT2D eigenvalue weighted by molar-refractivity contribution is 5.89. The number of hydrogen-bond acceptors (Lipinski definition) is 6. The second-order valence-corrected chi connectivity index (χ2v) is 11.2. The lowest BCUT2D eigenvalue weighted by molar-refractivity contribution is -0.896. The minimum atomic E-state index is -4.48. The summed E-state index contributed by atoms with van der Waals surface area (Å²) in [5.74, 6) is 0.135. The number of amides is 1. The fraction of sp³-hybridized carbons (Fsp3) is 0.640. The zero-order valence-electron chi connectivity index (χ0n) is 21.2. The molecule has 1 aliphatic carbocycles. The van der Waals surface area contributed by atoms with Gasteiger partial charge in [-0.25, -0.2) is 9.97 Å². The third-order valence-corrected chi connectivity index (χ3v) is 7.13. The van der Waals surface area contributed by atoms with Crippen molar-refractivity contribution in [2.24, 2.45) is 0 Å². The van der Waals surface area contributed by atoms with Crippen molar-refractivity contribution >= 4 is 22.6 Å². The Morgan fingerprint density at radius 3 is 2.53 bits per heavy atom. The summed E-state index contributed by atoms with van der Waals surface area (Å²) in [4.78, 5) is 20.2. The Bertz CT molecular complexity index is 1110. The minimum Gasteiger partial charge on any atom is -0.632 e. The van der Waals surface area contributed by atoms with Crippen LogP contribution in [0, 0.1) is 5.21 Å². The topological polar surface area (TPSA) is 102 Å². The molecule has 2 heterocycles. The predicted octanol–water partition coefficient (Wildman–Crippen LogP) is 3.96. The van der Waals surface area contributed by atoms with Crippen LogP contribution in [0.2, 0.25) is 0 Å². The summed E-state index contributed by atoms with van der Waals surface area (Å²) in [5, 5.41) is 24.1. The Kier molecular flexibility index (Phi) is 7.20. The molecule has 1 aromatic heterocycles. The van der Waals surface area contributed by atoms with Crippen LogP contribution in [0.1, 0.15) is 58.9 Å². The summed E-state index contributed by atoms with van der Waals surface area (Å²) in [6.07, 6.45) is -0.410. The third-order valence-electron chi connectivity index (χ3n) is 7.13. The van der Waals surface area contributed by atoms with E-state index in [2.05, 4.69) is 46.7 Å². The molecule has 1 saturated carbocycles. The molecule has 0 radical (unpaired) electrons. The molecular formula is C25H35F3N6O2. The van der Waals surface area contributed by atoms with Gasteiger partial charge >= 0.3 is 6.18 Å². The molecule has 4 rings (SSSR count). The van der Waals surface area contributed by atoms with Crippen LogP contribution >= 0.6 is 0 Å². The molecule has 198 valence electrons. The monoisotopic (exact) mass is 508 g/mol. The first-order chi connectivity index (χ1) is 16.7. The Balaban J connectivity index is 1.51. The Morgan fingerprint density at radius 1 is 1.11 bits per heavy atom. The highest BCUT2D eigenvalue weighted by Crippen LogP contribution is 2.36. The van der Waals surface area contributed by atoms with E-state index in [9.17, 15) is 23.2 Å². The molecule has 2 unspecified atom stereocenters. The van der Waals surface area contributed by atoms with Crippen LogP contribution in [0.3, 0.4) is 0 Å². The van der Waals surface area contributed by atoms with Gasteiger partial charge in [-0.3, -0.25) is 4.79 Å². The van der Waals surface area contributed by atoms with E-state index in [1.807, 2.05) is 0 Å². The summed E-state index contributed by atoms with van der Waals surface area (Å²) < 4.78 is 39.4. The molecule has 1 saturated heterocycles. The van der Waals surface area contributed by atoms with Crippen molar-refractivity contribution in [2.75, 3.05) is 18.4 Å². The van der Waals surface area contributed by atoms with E-state index >= 15 is 0 Å². The SMILES string of the molecule is CC(=O)N[C@@H]1C[C@H](NC(C)(C)C)CC[C@@H]1[N+]1([O-])CCC(Nc2ncnc3ccc(C(F)(F)F)cc23)C1. The largest absolute Gasteiger partial charge is 0.632 e. The number of benzene rings is 1. The average Bonchev–Trinajstić information content (AvgIpc) is 3.13. The number of likely N-dealkylation sites (tertiary alicyclic amines) is 1. The standard InChI is InChI=1S/C25H35F3N6O2/c1-15(35)31-21-12-17(33-24(2,3)4)6-8-22(21)34(36)10-9-18(13-34)32-23-19-11-16(25(26,27)28)5-7-20(19)29-14-30-23/h5,7,11,14,17-18,21-22,33H,6,8-10,12-13H2,1-4H3,(H,31,35)(H,29,30,32)/t17-,18?,21-,22+,34?/m1/s1. The van der Waals surface area contributed by atoms with Gasteiger partial charge in [-0.2, -0.15) is 13.2 Å². The van der Waals surface area contributed by atoms with Gasteiger partial charge in [0.1, 0.15) is 18.2 Å². The van der Waals surface area contributed by atoms with E-state index < -0.39 is 16.4 Å². The number of anilines is 1. The maximum Gasteiger partial charge on any atom is 0.416 e. The quantitative estimate of drug-likeness (QED) is 0.418. The van der Waals surface area contributed by atoms with Crippen molar-refractivity contribution in [1.82, 2.24) is 20.6 Å². The summed E-state index contributed by atoms with van der Waals surface area (Å²) in [6, 6.07) is 2.80. The van der Waals surface area contributed by atoms with Crippen molar-refractivity contribution in [3.8, 4) is 0 Å². The van der Waals surface area contributed by atoms with Crippen molar-refractivity contribution in [3.05, 3.63) is 35.3 Å². The molecule has 36 heavy (non-hydrogen) atoms. The fourth-order valence-corrected chi connectivity index (χ4v) is 5.77. The van der Waals surface area contributed by atoms with E-state index in [1.165, 1.54) is 19.3 Å². The molecule has 0 spiro atoms. The molecule has 3 N–H and O–H groups in total.